The Morgan fingerprint density at radius 1 is 1.08 bits per heavy atom. The van der Waals surface area contributed by atoms with E-state index in [9.17, 15) is 0 Å². The summed E-state index contributed by atoms with van der Waals surface area (Å²) in [6.07, 6.45) is 1.07. The van der Waals surface area contributed by atoms with Crippen LogP contribution in [0.1, 0.15) is 44.6 Å². The second-order valence-electron chi connectivity index (χ2n) is 7.62. The summed E-state index contributed by atoms with van der Waals surface area (Å²) >= 11 is 0. The molecule has 0 aliphatic carbocycles. The molecule has 0 aromatic carbocycles. The van der Waals surface area contributed by atoms with E-state index in [1.54, 1.807) is 0 Å². The second-order valence-corrected chi connectivity index (χ2v) is 7.62. The second kappa shape index (κ2) is 7.95. The zero-order valence-corrected chi connectivity index (χ0v) is 15.3. The van der Waals surface area contributed by atoms with Gasteiger partial charge in [-0.1, -0.05) is 12.1 Å². The summed E-state index contributed by atoms with van der Waals surface area (Å²) in [4.78, 5) is 4.89. The van der Waals surface area contributed by atoms with Crippen LogP contribution < -0.4 is 0 Å². The minimum Gasteiger partial charge on any atom is -0.379 e. The van der Waals surface area contributed by atoms with Crippen molar-refractivity contribution < 1.29 is 14.0 Å². The zero-order chi connectivity index (χ0) is 17.0. The van der Waals surface area contributed by atoms with Crippen LogP contribution in [0.3, 0.4) is 0 Å². The molecule has 1 aromatic rings. The average molecular weight is 337 g/mol. The molecule has 136 valence electrons. The van der Waals surface area contributed by atoms with E-state index in [0.29, 0.717) is 5.92 Å². The van der Waals surface area contributed by atoms with Crippen molar-refractivity contribution in [3.8, 4) is 0 Å². The largest absolute Gasteiger partial charge is 0.379 e. The molecule has 0 amide bonds. The van der Waals surface area contributed by atoms with E-state index in [4.69, 9.17) is 14.0 Å². The van der Waals surface area contributed by atoms with Crippen molar-refractivity contribution in [3.05, 3.63) is 17.5 Å². The summed E-state index contributed by atoms with van der Waals surface area (Å²) in [6, 6.07) is 2.13. The summed E-state index contributed by atoms with van der Waals surface area (Å²) < 4.78 is 16.5. The molecule has 2 aliphatic heterocycles. The van der Waals surface area contributed by atoms with E-state index >= 15 is 0 Å². The van der Waals surface area contributed by atoms with Crippen LogP contribution in [0.2, 0.25) is 0 Å². The first-order valence-electron chi connectivity index (χ1n) is 9.13. The Hall–Kier alpha value is -0.950. The Balaban J connectivity index is 1.55. The molecular formula is C18H31N3O3. The van der Waals surface area contributed by atoms with Crippen molar-refractivity contribution >= 4 is 0 Å². The fourth-order valence-electron chi connectivity index (χ4n) is 3.77. The van der Waals surface area contributed by atoms with E-state index in [2.05, 4.69) is 41.8 Å². The number of morpholine rings is 2. The molecule has 0 N–H and O–H groups in total. The van der Waals surface area contributed by atoms with E-state index in [1.165, 1.54) is 0 Å². The smallest absolute Gasteiger partial charge is 0.150 e. The molecule has 6 nitrogen and oxygen atoms in total. The van der Waals surface area contributed by atoms with Crippen LogP contribution >= 0.6 is 0 Å². The first-order valence-corrected chi connectivity index (χ1v) is 9.13. The van der Waals surface area contributed by atoms with Crippen LogP contribution in [0.5, 0.6) is 0 Å². The first-order chi connectivity index (χ1) is 11.5. The standard InChI is InChI=1S/C18H31N3O3/c1-15(13-18(2,3)21-6-10-23-11-7-21)17-12-16(24-19-17)14-20-4-8-22-9-5-20/h12,15H,4-11,13-14H2,1-3H3. The van der Waals surface area contributed by atoms with Gasteiger partial charge in [0.1, 0.15) is 0 Å². The molecule has 1 unspecified atom stereocenters. The lowest BCUT2D eigenvalue weighted by Crippen LogP contribution is -2.50. The summed E-state index contributed by atoms with van der Waals surface area (Å²) in [5.41, 5.74) is 1.21. The molecule has 6 heteroatoms. The van der Waals surface area contributed by atoms with Gasteiger partial charge in [-0.3, -0.25) is 9.80 Å². The number of hydrogen-bond donors (Lipinski definition) is 0. The minimum absolute atomic E-state index is 0.145. The lowest BCUT2D eigenvalue weighted by Gasteiger charge is -2.42. The monoisotopic (exact) mass is 337 g/mol. The predicted octanol–water partition coefficient (Wildman–Crippen LogP) is 2.11. The molecule has 3 rings (SSSR count). The fraction of sp³-hybridized carbons (Fsp3) is 0.833. The summed E-state index contributed by atoms with van der Waals surface area (Å²) in [7, 11) is 0. The molecule has 0 spiro atoms. The van der Waals surface area contributed by atoms with Crippen molar-refractivity contribution in [3.63, 3.8) is 0 Å². The Bertz CT molecular complexity index is 505. The van der Waals surface area contributed by atoms with E-state index < -0.39 is 0 Å². The molecule has 2 aliphatic rings. The van der Waals surface area contributed by atoms with Crippen LogP contribution in [0, 0.1) is 0 Å². The van der Waals surface area contributed by atoms with Gasteiger partial charge in [0, 0.05) is 43.7 Å². The maximum absolute atomic E-state index is 5.58. The fourth-order valence-corrected chi connectivity index (χ4v) is 3.77. The quantitative estimate of drug-likeness (QED) is 0.792. The molecule has 24 heavy (non-hydrogen) atoms. The first kappa shape index (κ1) is 17.9. The number of aromatic nitrogens is 1. The van der Waals surface area contributed by atoms with Gasteiger partial charge in [0.15, 0.2) is 5.76 Å². The van der Waals surface area contributed by atoms with Gasteiger partial charge in [0.05, 0.1) is 38.7 Å². The van der Waals surface area contributed by atoms with Crippen molar-refractivity contribution in [2.45, 2.75) is 45.2 Å². The van der Waals surface area contributed by atoms with Gasteiger partial charge in [-0.05, 0) is 20.3 Å². The number of hydrogen-bond acceptors (Lipinski definition) is 6. The molecular weight excluding hydrogens is 306 g/mol. The number of rotatable bonds is 6. The van der Waals surface area contributed by atoms with Crippen LogP contribution in [-0.2, 0) is 16.0 Å². The topological polar surface area (TPSA) is 51.0 Å². The Kier molecular flexibility index (Phi) is 5.92. The normalized spacial score (nSPS) is 22.6. The number of ether oxygens (including phenoxy) is 2. The van der Waals surface area contributed by atoms with E-state index in [-0.39, 0.29) is 5.54 Å². The highest BCUT2D eigenvalue weighted by atomic mass is 16.5. The van der Waals surface area contributed by atoms with Crippen LogP contribution in [0.4, 0.5) is 0 Å². The maximum atomic E-state index is 5.58. The third-order valence-electron chi connectivity index (χ3n) is 5.24. The van der Waals surface area contributed by atoms with Crippen LogP contribution in [-0.4, -0.2) is 73.1 Å². The Morgan fingerprint density at radius 3 is 2.38 bits per heavy atom. The molecule has 0 bridgehead atoms. The van der Waals surface area contributed by atoms with E-state index in [0.717, 1.165) is 77.0 Å². The Labute approximate surface area is 145 Å². The van der Waals surface area contributed by atoms with Crippen molar-refractivity contribution in [1.29, 1.82) is 0 Å². The van der Waals surface area contributed by atoms with Crippen LogP contribution in [0.25, 0.3) is 0 Å². The van der Waals surface area contributed by atoms with Gasteiger partial charge < -0.3 is 14.0 Å². The van der Waals surface area contributed by atoms with Gasteiger partial charge in [-0.15, -0.1) is 0 Å². The lowest BCUT2D eigenvalue weighted by atomic mass is 9.88. The predicted molar refractivity (Wildman–Crippen MR) is 92.1 cm³/mol. The highest BCUT2D eigenvalue weighted by Gasteiger charge is 2.31. The van der Waals surface area contributed by atoms with Crippen molar-refractivity contribution in [1.82, 2.24) is 15.0 Å². The van der Waals surface area contributed by atoms with Gasteiger partial charge in [0.2, 0.25) is 0 Å². The molecule has 1 aromatic heterocycles. The summed E-state index contributed by atoms with van der Waals surface area (Å²) in [6.45, 7) is 15.0. The third-order valence-corrected chi connectivity index (χ3v) is 5.24. The third kappa shape index (κ3) is 4.57. The lowest BCUT2D eigenvalue weighted by molar-refractivity contribution is -0.0147. The van der Waals surface area contributed by atoms with Gasteiger partial charge in [0.25, 0.3) is 0 Å². The van der Waals surface area contributed by atoms with E-state index in [1.807, 2.05) is 0 Å². The average Bonchev–Trinajstić information content (AvgIpc) is 3.05. The van der Waals surface area contributed by atoms with Crippen LogP contribution in [0.15, 0.2) is 10.6 Å². The highest BCUT2D eigenvalue weighted by molar-refractivity contribution is 5.11. The summed E-state index contributed by atoms with van der Waals surface area (Å²) in [5.74, 6) is 1.34. The minimum atomic E-state index is 0.145. The molecule has 0 saturated carbocycles. The molecule has 1 atom stereocenters. The Morgan fingerprint density at radius 2 is 1.71 bits per heavy atom. The molecule has 3 heterocycles. The molecule has 0 radical (unpaired) electrons. The molecule has 2 fully saturated rings. The molecule has 2 saturated heterocycles. The van der Waals surface area contributed by atoms with Crippen molar-refractivity contribution in [2.24, 2.45) is 0 Å². The van der Waals surface area contributed by atoms with Gasteiger partial charge in [-0.2, -0.15) is 0 Å². The highest BCUT2D eigenvalue weighted by Crippen LogP contribution is 2.30. The van der Waals surface area contributed by atoms with Gasteiger partial charge >= 0.3 is 0 Å². The van der Waals surface area contributed by atoms with Crippen molar-refractivity contribution in [2.75, 3.05) is 52.6 Å². The zero-order valence-electron chi connectivity index (χ0n) is 15.3. The number of nitrogens with zero attached hydrogens (tertiary/aromatic N) is 3. The maximum Gasteiger partial charge on any atom is 0.150 e. The summed E-state index contributed by atoms with van der Waals surface area (Å²) in [5, 5.41) is 4.33. The van der Waals surface area contributed by atoms with Gasteiger partial charge in [-0.25, -0.2) is 0 Å². The SMILES string of the molecule is CC(CC(C)(C)N1CCOCC1)c1cc(CN2CCOCC2)on1.